The molecule has 3 aromatic rings. The number of hydrogen-bond donors (Lipinski definition) is 1. The lowest BCUT2D eigenvalue weighted by Gasteiger charge is -2.21. The van der Waals surface area contributed by atoms with E-state index in [-0.39, 0.29) is 23.8 Å². The predicted octanol–water partition coefficient (Wildman–Crippen LogP) is 2.44. The van der Waals surface area contributed by atoms with E-state index < -0.39 is 12.2 Å². The van der Waals surface area contributed by atoms with Gasteiger partial charge in [0.15, 0.2) is 0 Å². The van der Waals surface area contributed by atoms with E-state index in [1.54, 1.807) is 23.2 Å². The van der Waals surface area contributed by atoms with Crippen LogP contribution in [0.15, 0.2) is 41.5 Å². The number of carbonyl (C=O) groups is 1. The Morgan fingerprint density at radius 3 is 2.55 bits per heavy atom. The molecule has 0 atom stereocenters. The van der Waals surface area contributed by atoms with Crippen LogP contribution >= 0.6 is 0 Å². The van der Waals surface area contributed by atoms with Gasteiger partial charge in [-0.05, 0) is 37.6 Å². The summed E-state index contributed by atoms with van der Waals surface area (Å²) in [6.45, 7) is 4.74. The minimum Gasteiger partial charge on any atom is -0.392 e. The van der Waals surface area contributed by atoms with Crippen LogP contribution in [0.4, 0.5) is 4.39 Å². The van der Waals surface area contributed by atoms with Gasteiger partial charge in [0.1, 0.15) is 17.9 Å². The van der Waals surface area contributed by atoms with Crippen LogP contribution < -0.4 is 5.56 Å². The molecule has 0 spiro atoms. The number of aliphatic hydroxyl groups excluding tert-OH is 1. The monoisotopic (exact) mass is 400 g/mol. The van der Waals surface area contributed by atoms with E-state index in [9.17, 15) is 19.1 Å². The molecule has 7 nitrogen and oxygen atoms in total. The maximum Gasteiger partial charge on any atom is 0.277 e. The molecule has 0 saturated heterocycles. The predicted molar refractivity (Wildman–Crippen MR) is 108 cm³/mol. The van der Waals surface area contributed by atoms with Gasteiger partial charge in [-0.1, -0.05) is 13.3 Å². The van der Waals surface area contributed by atoms with E-state index in [1.807, 2.05) is 6.92 Å². The summed E-state index contributed by atoms with van der Waals surface area (Å²) in [5, 5.41) is 14.3. The number of halogens is 1. The first kappa shape index (κ1) is 20.7. The van der Waals surface area contributed by atoms with Crippen LogP contribution in [0, 0.1) is 5.82 Å². The van der Waals surface area contributed by atoms with E-state index in [1.165, 1.54) is 27.4 Å². The molecule has 2 heterocycles. The largest absolute Gasteiger partial charge is 0.392 e. The minimum atomic E-state index is -0.405. The molecule has 0 aliphatic rings. The molecule has 0 aliphatic carbocycles. The number of hydrogen-bond acceptors (Lipinski definition) is 4. The van der Waals surface area contributed by atoms with Gasteiger partial charge < -0.3 is 14.6 Å². The molecule has 1 N–H and O–H groups in total. The average Bonchev–Trinajstić information content (AvgIpc) is 3.10. The van der Waals surface area contributed by atoms with Gasteiger partial charge in [-0.2, -0.15) is 5.10 Å². The molecule has 1 aromatic carbocycles. The van der Waals surface area contributed by atoms with Crippen molar-refractivity contribution in [1.29, 1.82) is 0 Å². The highest BCUT2D eigenvalue weighted by Crippen LogP contribution is 2.25. The van der Waals surface area contributed by atoms with Crippen LogP contribution in [0.1, 0.15) is 32.3 Å². The van der Waals surface area contributed by atoms with Gasteiger partial charge in [0.25, 0.3) is 5.56 Å². The molecule has 0 saturated carbocycles. The number of carbonyl (C=O) groups excluding carboxylic acids is 1. The number of likely N-dealkylation sites (N-methyl/N-ethyl adjacent to an activating group) is 1. The van der Waals surface area contributed by atoms with Crippen molar-refractivity contribution in [3.8, 4) is 11.3 Å². The molecule has 0 unspecified atom stereocenters. The van der Waals surface area contributed by atoms with Crippen LogP contribution in [-0.4, -0.2) is 43.2 Å². The van der Waals surface area contributed by atoms with Crippen molar-refractivity contribution in [2.75, 3.05) is 13.1 Å². The van der Waals surface area contributed by atoms with E-state index in [4.69, 9.17) is 0 Å². The van der Waals surface area contributed by atoms with Gasteiger partial charge in [0, 0.05) is 36.6 Å². The molecule has 1 amide bonds. The number of nitrogens with zero attached hydrogens (tertiary/aromatic N) is 4. The normalized spacial score (nSPS) is 11.2. The van der Waals surface area contributed by atoms with Crippen LogP contribution in [0.3, 0.4) is 0 Å². The summed E-state index contributed by atoms with van der Waals surface area (Å²) in [6.07, 6.45) is 4.99. The molecule has 8 heteroatoms. The summed E-state index contributed by atoms with van der Waals surface area (Å²) in [4.78, 5) is 27.4. The zero-order valence-electron chi connectivity index (χ0n) is 16.6. The van der Waals surface area contributed by atoms with Gasteiger partial charge in [-0.3, -0.25) is 9.59 Å². The summed E-state index contributed by atoms with van der Waals surface area (Å²) >= 11 is 0. The standard InChI is InChI=1S/C21H25FN4O3/c1-3-5-10-24(4-2)18(28)13-25-11-12-26-20(21(25)29)17(14-27)19(23-26)15-6-8-16(22)9-7-15/h6-9,11-12,27H,3-5,10,13-14H2,1-2H3. The van der Waals surface area contributed by atoms with E-state index in [0.717, 1.165) is 12.8 Å². The number of aliphatic hydroxyl groups is 1. The Kier molecular flexibility index (Phi) is 6.43. The Bertz CT molecular complexity index is 1060. The van der Waals surface area contributed by atoms with E-state index in [0.29, 0.717) is 29.9 Å². The summed E-state index contributed by atoms with van der Waals surface area (Å²) in [6, 6.07) is 5.69. The second-order valence-electron chi connectivity index (χ2n) is 6.84. The second kappa shape index (κ2) is 9.00. The fraction of sp³-hybridized carbons (Fsp3) is 0.381. The van der Waals surface area contributed by atoms with Crippen molar-refractivity contribution in [1.82, 2.24) is 19.1 Å². The van der Waals surface area contributed by atoms with Gasteiger partial charge in [0.2, 0.25) is 5.91 Å². The van der Waals surface area contributed by atoms with Gasteiger partial charge in [0.05, 0.1) is 12.3 Å². The molecule has 0 radical (unpaired) electrons. The van der Waals surface area contributed by atoms with Crippen LogP contribution in [-0.2, 0) is 17.9 Å². The lowest BCUT2D eigenvalue weighted by Crippen LogP contribution is -2.37. The van der Waals surface area contributed by atoms with Crippen LogP contribution in [0.25, 0.3) is 16.8 Å². The number of benzene rings is 1. The molecule has 0 aliphatic heterocycles. The van der Waals surface area contributed by atoms with Crippen LogP contribution in [0.5, 0.6) is 0 Å². The van der Waals surface area contributed by atoms with E-state index >= 15 is 0 Å². The SMILES string of the molecule is CCCCN(CC)C(=O)Cn1ccn2nc(-c3ccc(F)cc3)c(CO)c2c1=O. The third-order valence-corrected chi connectivity index (χ3v) is 4.96. The van der Waals surface area contributed by atoms with Gasteiger partial charge >= 0.3 is 0 Å². The Morgan fingerprint density at radius 2 is 1.93 bits per heavy atom. The maximum absolute atomic E-state index is 13.2. The first-order valence-corrected chi connectivity index (χ1v) is 9.75. The highest BCUT2D eigenvalue weighted by molar-refractivity contribution is 5.76. The lowest BCUT2D eigenvalue weighted by atomic mass is 10.1. The number of amides is 1. The van der Waals surface area contributed by atoms with E-state index in [2.05, 4.69) is 12.0 Å². The summed E-state index contributed by atoms with van der Waals surface area (Å²) in [5.41, 5.74) is 1.16. The highest BCUT2D eigenvalue weighted by atomic mass is 19.1. The van der Waals surface area contributed by atoms with Crippen molar-refractivity contribution in [2.45, 2.75) is 39.8 Å². The zero-order valence-corrected chi connectivity index (χ0v) is 16.6. The lowest BCUT2D eigenvalue weighted by molar-refractivity contribution is -0.131. The molecule has 0 bridgehead atoms. The highest BCUT2D eigenvalue weighted by Gasteiger charge is 2.19. The van der Waals surface area contributed by atoms with Crippen molar-refractivity contribution >= 4 is 11.4 Å². The number of aromatic nitrogens is 3. The Balaban J connectivity index is 2.00. The summed E-state index contributed by atoms with van der Waals surface area (Å²) in [7, 11) is 0. The van der Waals surface area contributed by atoms with Crippen molar-refractivity contribution in [2.24, 2.45) is 0 Å². The minimum absolute atomic E-state index is 0.0746. The summed E-state index contributed by atoms with van der Waals surface area (Å²) < 4.78 is 16.0. The molecule has 29 heavy (non-hydrogen) atoms. The quantitative estimate of drug-likeness (QED) is 0.630. The fourth-order valence-corrected chi connectivity index (χ4v) is 3.32. The second-order valence-corrected chi connectivity index (χ2v) is 6.84. The van der Waals surface area contributed by atoms with Crippen molar-refractivity contribution < 1.29 is 14.3 Å². The number of rotatable bonds is 8. The zero-order chi connectivity index (χ0) is 21.0. The molecule has 154 valence electrons. The Labute approximate surface area is 168 Å². The molecular formula is C21H25FN4O3. The molecule has 3 rings (SSSR count). The summed E-state index contributed by atoms with van der Waals surface area (Å²) in [5.74, 6) is -0.510. The third kappa shape index (κ3) is 4.22. The molecule has 0 fully saturated rings. The average molecular weight is 400 g/mol. The molecular weight excluding hydrogens is 375 g/mol. The first-order valence-electron chi connectivity index (χ1n) is 9.75. The third-order valence-electron chi connectivity index (χ3n) is 4.96. The van der Waals surface area contributed by atoms with Crippen molar-refractivity contribution in [3.63, 3.8) is 0 Å². The Hall–Kier alpha value is -3.00. The van der Waals surface area contributed by atoms with Crippen molar-refractivity contribution in [3.05, 3.63) is 58.4 Å². The fourth-order valence-electron chi connectivity index (χ4n) is 3.32. The maximum atomic E-state index is 13.2. The van der Waals surface area contributed by atoms with Gasteiger partial charge in [-0.15, -0.1) is 0 Å². The number of fused-ring (bicyclic) bond motifs is 1. The Morgan fingerprint density at radius 1 is 1.21 bits per heavy atom. The molecule has 2 aromatic heterocycles. The topological polar surface area (TPSA) is 79.8 Å². The number of unbranched alkanes of at least 4 members (excludes halogenated alkanes) is 1. The first-order chi connectivity index (χ1) is 14.0. The van der Waals surface area contributed by atoms with Crippen LogP contribution in [0.2, 0.25) is 0 Å². The van der Waals surface area contributed by atoms with Gasteiger partial charge in [-0.25, -0.2) is 8.91 Å². The smallest absolute Gasteiger partial charge is 0.277 e.